The Bertz CT molecular complexity index is 1290. The summed E-state index contributed by atoms with van der Waals surface area (Å²) in [6, 6.07) is 13.9. The van der Waals surface area contributed by atoms with Crippen molar-refractivity contribution in [3.63, 3.8) is 0 Å². The van der Waals surface area contributed by atoms with Crippen molar-refractivity contribution in [3.05, 3.63) is 81.4 Å². The summed E-state index contributed by atoms with van der Waals surface area (Å²) in [5.74, 6) is -0.290. The van der Waals surface area contributed by atoms with Gasteiger partial charge in [0.15, 0.2) is 10.8 Å². The van der Waals surface area contributed by atoms with Gasteiger partial charge in [-0.2, -0.15) is 0 Å². The molecule has 0 aliphatic carbocycles. The van der Waals surface area contributed by atoms with Gasteiger partial charge in [0.1, 0.15) is 5.82 Å². The Morgan fingerprint density at radius 1 is 0.931 bits per heavy atom. The highest BCUT2D eigenvalue weighted by atomic mass is 32.2. The van der Waals surface area contributed by atoms with Gasteiger partial charge in [-0.15, -0.1) is 0 Å². The molecule has 2 aromatic heterocycles. The van der Waals surface area contributed by atoms with E-state index in [-0.39, 0.29) is 11.4 Å². The third kappa shape index (κ3) is 3.34. The summed E-state index contributed by atoms with van der Waals surface area (Å²) in [4.78, 5) is 22.3. The average molecular weight is 405 g/mol. The van der Waals surface area contributed by atoms with Gasteiger partial charge in [0.05, 0.1) is 11.4 Å². The minimum atomic E-state index is -0.290. The number of aromatic nitrogens is 3. The van der Waals surface area contributed by atoms with Gasteiger partial charge in [-0.1, -0.05) is 30.0 Å². The van der Waals surface area contributed by atoms with Crippen LogP contribution in [0.2, 0.25) is 0 Å². The van der Waals surface area contributed by atoms with Gasteiger partial charge in [-0.25, -0.2) is 14.4 Å². The van der Waals surface area contributed by atoms with Crippen molar-refractivity contribution in [3.8, 4) is 16.9 Å². The lowest BCUT2D eigenvalue weighted by atomic mass is 10.0. The Kier molecular flexibility index (Phi) is 4.96. The van der Waals surface area contributed by atoms with Crippen LogP contribution in [0.25, 0.3) is 28.0 Å². The Labute approximate surface area is 172 Å². The molecule has 0 N–H and O–H groups in total. The topological polar surface area (TPSA) is 47.8 Å². The number of hydrogen-bond donors (Lipinski definition) is 0. The van der Waals surface area contributed by atoms with Crippen LogP contribution in [-0.4, -0.2) is 20.8 Å². The van der Waals surface area contributed by atoms with Gasteiger partial charge in [-0.3, -0.25) is 9.36 Å². The van der Waals surface area contributed by atoms with Crippen molar-refractivity contribution in [1.29, 1.82) is 0 Å². The SMILES string of the molecule is CSc1nc(-c2ccc(F)cc2C)c2ccc(=O)n(-c3c(C)cccc3C)c2n1. The maximum Gasteiger partial charge on any atom is 0.256 e. The van der Waals surface area contributed by atoms with Gasteiger partial charge in [0, 0.05) is 17.0 Å². The van der Waals surface area contributed by atoms with E-state index in [0.717, 1.165) is 33.3 Å². The zero-order valence-electron chi connectivity index (χ0n) is 16.7. The first-order chi connectivity index (χ1) is 13.9. The molecule has 146 valence electrons. The van der Waals surface area contributed by atoms with Crippen molar-refractivity contribution in [2.45, 2.75) is 25.9 Å². The van der Waals surface area contributed by atoms with Crippen molar-refractivity contribution in [2.75, 3.05) is 6.26 Å². The molecule has 0 radical (unpaired) electrons. The van der Waals surface area contributed by atoms with E-state index >= 15 is 0 Å². The predicted octanol–water partition coefficient (Wildman–Crippen LogP) is 5.23. The Morgan fingerprint density at radius 3 is 2.31 bits per heavy atom. The average Bonchev–Trinajstić information content (AvgIpc) is 2.68. The quantitative estimate of drug-likeness (QED) is 0.346. The van der Waals surface area contributed by atoms with Gasteiger partial charge in [0.25, 0.3) is 5.56 Å². The van der Waals surface area contributed by atoms with E-state index in [1.54, 1.807) is 22.8 Å². The largest absolute Gasteiger partial charge is 0.269 e. The smallest absolute Gasteiger partial charge is 0.256 e. The van der Waals surface area contributed by atoms with E-state index in [2.05, 4.69) is 4.98 Å². The molecule has 0 amide bonds. The molecule has 0 aliphatic rings. The molecule has 0 saturated heterocycles. The number of nitrogens with zero attached hydrogens (tertiary/aromatic N) is 3. The van der Waals surface area contributed by atoms with E-state index in [4.69, 9.17) is 4.98 Å². The molecule has 0 fully saturated rings. The molecule has 4 rings (SSSR count). The lowest BCUT2D eigenvalue weighted by molar-refractivity contribution is 0.627. The third-order valence-electron chi connectivity index (χ3n) is 5.02. The van der Waals surface area contributed by atoms with E-state index in [0.29, 0.717) is 16.5 Å². The summed E-state index contributed by atoms with van der Waals surface area (Å²) in [6.07, 6.45) is 1.90. The molecule has 4 nitrogen and oxygen atoms in total. The number of aryl methyl sites for hydroxylation is 3. The summed E-state index contributed by atoms with van der Waals surface area (Å²) in [5.41, 5.74) is 5.50. The predicted molar refractivity (Wildman–Crippen MR) is 117 cm³/mol. The zero-order chi connectivity index (χ0) is 20.7. The molecule has 6 heteroatoms. The fourth-order valence-electron chi connectivity index (χ4n) is 3.66. The molecule has 0 saturated carbocycles. The van der Waals surface area contributed by atoms with E-state index < -0.39 is 0 Å². The summed E-state index contributed by atoms with van der Waals surface area (Å²) in [6.45, 7) is 5.82. The molecule has 2 aromatic carbocycles. The van der Waals surface area contributed by atoms with Gasteiger partial charge >= 0.3 is 0 Å². The van der Waals surface area contributed by atoms with Crippen LogP contribution in [0.3, 0.4) is 0 Å². The molecular weight excluding hydrogens is 385 g/mol. The summed E-state index contributed by atoms with van der Waals surface area (Å²) >= 11 is 1.41. The monoisotopic (exact) mass is 405 g/mol. The summed E-state index contributed by atoms with van der Waals surface area (Å²) in [7, 11) is 0. The summed E-state index contributed by atoms with van der Waals surface area (Å²) < 4.78 is 15.3. The first kappa shape index (κ1) is 19.3. The van der Waals surface area contributed by atoms with Gasteiger partial charge < -0.3 is 0 Å². The Morgan fingerprint density at radius 2 is 1.66 bits per heavy atom. The highest BCUT2D eigenvalue weighted by molar-refractivity contribution is 7.98. The number of hydrogen-bond acceptors (Lipinski definition) is 4. The second kappa shape index (κ2) is 7.44. The maximum atomic E-state index is 13.7. The maximum absolute atomic E-state index is 13.7. The lowest BCUT2D eigenvalue weighted by Crippen LogP contribution is -2.20. The van der Waals surface area contributed by atoms with Crippen molar-refractivity contribution in [1.82, 2.24) is 14.5 Å². The molecule has 0 spiro atoms. The first-order valence-electron chi connectivity index (χ1n) is 9.21. The Balaban J connectivity index is 2.16. The normalized spacial score (nSPS) is 11.2. The van der Waals surface area contributed by atoms with Crippen molar-refractivity contribution in [2.24, 2.45) is 0 Å². The Hall–Kier alpha value is -2.99. The van der Waals surface area contributed by atoms with E-state index in [1.807, 2.05) is 45.2 Å². The highest BCUT2D eigenvalue weighted by Gasteiger charge is 2.18. The van der Waals surface area contributed by atoms with Crippen LogP contribution in [0.5, 0.6) is 0 Å². The molecular formula is C23H20FN3OS. The van der Waals surface area contributed by atoms with Crippen LogP contribution >= 0.6 is 11.8 Å². The van der Waals surface area contributed by atoms with Crippen LogP contribution in [0.4, 0.5) is 4.39 Å². The molecule has 4 aromatic rings. The molecule has 29 heavy (non-hydrogen) atoms. The number of rotatable bonds is 3. The van der Waals surface area contributed by atoms with Crippen LogP contribution in [0.1, 0.15) is 16.7 Å². The fourth-order valence-corrected chi connectivity index (χ4v) is 4.02. The number of fused-ring (bicyclic) bond motifs is 1. The van der Waals surface area contributed by atoms with Crippen LogP contribution < -0.4 is 5.56 Å². The second-order valence-electron chi connectivity index (χ2n) is 7.00. The molecule has 0 atom stereocenters. The van der Waals surface area contributed by atoms with E-state index in [1.165, 1.54) is 23.9 Å². The number of thioether (sulfide) groups is 1. The zero-order valence-corrected chi connectivity index (χ0v) is 17.5. The van der Waals surface area contributed by atoms with Crippen molar-refractivity contribution < 1.29 is 4.39 Å². The number of pyridine rings is 1. The minimum Gasteiger partial charge on any atom is -0.269 e. The van der Waals surface area contributed by atoms with Crippen LogP contribution in [0, 0.1) is 26.6 Å². The molecule has 2 heterocycles. The van der Waals surface area contributed by atoms with Crippen LogP contribution in [0.15, 0.2) is 58.5 Å². The fraction of sp³-hybridized carbons (Fsp3) is 0.174. The number of halogens is 1. The molecule has 0 aliphatic heterocycles. The van der Waals surface area contributed by atoms with Crippen LogP contribution in [-0.2, 0) is 0 Å². The first-order valence-corrected chi connectivity index (χ1v) is 10.4. The van der Waals surface area contributed by atoms with Gasteiger partial charge in [0.2, 0.25) is 0 Å². The lowest BCUT2D eigenvalue weighted by Gasteiger charge is -2.17. The number of benzene rings is 2. The molecule has 0 unspecified atom stereocenters. The number of para-hydroxylation sites is 1. The summed E-state index contributed by atoms with van der Waals surface area (Å²) in [5, 5.41) is 1.31. The third-order valence-corrected chi connectivity index (χ3v) is 5.57. The standard InChI is InChI=1S/C23H20FN3OS/c1-13-6-5-7-14(2)21(13)27-19(28)11-10-18-20(25-23(29-4)26-22(18)27)17-9-8-16(24)12-15(17)3/h5-12H,1-4H3. The van der Waals surface area contributed by atoms with Crippen molar-refractivity contribution >= 4 is 22.8 Å². The highest BCUT2D eigenvalue weighted by Crippen LogP contribution is 2.31. The minimum absolute atomic E-state index is 0.151. The van der Waals surface area contributed by atoms with E-state index in [9.17, 15) is 9.18 Å². The molecule has 0 bridgehead atoms. The van der Waals surface area contributed by atoms with Gasteiger partial charge in [-0.05, 0) is 68.0 Å². The second-order valence-corrected chi connectivity index (χ2v) is 7.78.